The van der Waals surface area contributed by atoms with Gasteiger partial charge in [-0.3, -0.25) is 62.3 Å². The molecule has 9 atom stereocenters. The van der Waals surface area contributed by atoms with Crippen molar-refractivity contribution < 1.29 is 87.1 Å². The second kappa shape index (κ2) is 24.4. The zero-order valence-corrected chi connectivity index (χ0v) is 34.0. The van der Waals surface area contributed by atoms with Gasteiger partial charge in [0, 0.05) is 39.2 Å². The van der Waals surface area contributed by atoms with Crippen LogP contribution in [-0.4, -0.2) is 177 Å². The van der Waals surface area contributed by atoms with E-state index >= 15 is 0 Å². The number of aliphatic carboxylic acids is 3. The second-order valence-corrected chi connectivity index (χ2v) is 14.5. The number of amides is 10. The van der Waals surface area contributed by atoms with E-state index in [4.69, 9.17) is 5.73 Å². The Labute approximate surface area is 356 Å². The number of alkyl halides is 1. The van der Waals surface area contributed by atoms with Crippen molar-refractivity contribution in [3.8, 4) is 0 Å². The zero-order valence-electron chi connectivity index (χ0n) is 34.0. The molecular formula is C35H51FN10O17. The van der Waals surface area contributed by atoms with Crippen LogP contribution in [0.25, 0.3) is 0 Å². The number of carbonyl (C=O) groups is 13. The number of nitrogens with zero attached hydrogens (tertiary/aromatic N) is 1. The van der Waals surface area contributed by atoms with Gasteiger partial charge in [-0.05, 0) is 26.2 Å². The van der Waals surface area contributed by atoms with Gasteiger partial charge in [-0.1, -0.05) is 0 Å². The van der Waals surface area contributed by atoms with Crippen molar-refractivity contribution in [2.45, 2.75) is 120 Å². The summed E-state index contributed by atoms with van der Waals surface area (Å²) >= 11 is 0. The number of rotatable bonds is 11. The number of hydrogen-bond acceptors (Lipinski definition) is 14. The van der Waals surface area contributed by atoms with Gasteiger partial charge in [0.2, 0.25) is 59.1 Å². The molecule has 2 aliphatic heterocycles. The number of fused-ring (bicyclic) bond motifs is 1. The third-order valence-corrected chi connectivity index (χ3v) is 9.41. The Hall–Kier alpha value is -7.00. The van der Waals surface area contributed by atoms with Gasteiger partial charge in [-0.2, -0.15) is 0 Å². The lowest BCUT2D eigenvalue weighted by molar-refractivity contribution is -0.146. The Balaban J connectivity index is 2.61. The zero-order chi connectivity index (χ0) is 47.7. The average Bonchev–Trinajstić information content (AvgIpc) is 3.58. The van der Waals surface area contributed by atoms with Crippen molar-refractivity contribution in [3.05, 3.63) is 0 Å². The van der Waals surface area contributed by atoms with Crippen LogP contribution in [0.3, 0.4) is 0 Å². The first-order valence-electron chi connectivity index (χ1n) is 19.3. The maximum absolute atomic E-state index is 14.9. The molecule has 2 heterocycles. The third kappa shape index (κ3) is 17.5. The summed E-state index contributed by atoms with van der Waals surface area (Å²) in [7, 11) is 0. The number of halogens is 1. The molecule has 28 heteroatoms. The fraction of sp³-hybridized carbons (Fsp3) is 0.629. The molecule has 0 aromatic rings. The van der Waals surface area contributed by atoms with Crippen molar-refractivity contribution >= 4 is 77.0 Å². The molecule has 27 nitrogen and oxygen atoms in total. The molecule has 0 unspecified atom stereocenters. The summed E-state index contributed by atoms with van der Waals surface area (Å²) in [5.41, 5.74) is 5.38. The van der Waals surface area contributed by atoms with E-state index in [2.05, 4.69) is 42.5 Å². The number of primary amides is 1. The predicted octanol–water partition coefficient (Wildman–Crippen LogP) is -7.05. The number of aliphatic hydroxyl groups is 1. The molecule has 0 radical (unpaired) electrons. The van der Waals surface area contributed by atoms with Gasteiger partial charge in [0.05, 0.1) is 25.6 Å². The normalized spacial score (nSPS) is 27.0. The highest BCUT2D eigenvalue weighted by atomic mass is 19.1. The van der Waals surface area contributed by atoms with E-state index in [1.807, 2.05) is 0 Å². The molecular weight excluding hydrogens is 851 g/mol. The highest BCUT2D eigenvalue weighted by Crippen LogP contribution is 2.23. The molecule has 350 valence electrons. The monoisotopic (exact) mass is 902 g/mol. The van der Waals surface area contributed by atoms with E-state index in [9.17, 15) is 87.1 Å². The summed E-state index contributed by atoms with van der Waals surface area (Å²) in [5, 5.41) is 55.7. The molecule has 0 aromatic carbocycles. The number of carboxylic acids is 3. The highest BCUT2D eigenvalue weighted by molar-refractivity contribution is 5.99. The van der Waals surface area contributed by atoms with Crippen molar-refractivity contribution in [3.63, 3.8) is 0 Å². The van der Waals surface area contributed by atoms with Crippen molar-refractivity contribution in [2.24, 2.45) is 5.73 Å². The summed E-state index contributed by atoms with van der Waals surface area (Å²) in [4.78, 5) is 166. The van der Waals surface area contributed by atoms with E-state index < -0.39 is 203 Å². The van der Waals surface area contributed by atoms with Gasteiger partial charge in [0.15, 0.2) is 0 Å². The van der Waals surface area contributed by atoms with Crippen LogP contribution in [0.2, 0.25) is 0 Å². The standard InChI is InChI=1S/C35H51FN10O17/c1-14(47)28-34(62)39-12-24(50)41-18(4-7-25(51)52)31(59)44-21(29(37)57)11-38-23(49)6-3-17(40-15(2)48)30(58)43-20(10-27(55)56)35(63)46-13-16(36)9-22(46)33(61)42-19(32(60)45-28)5-8-26(53)54/h14,16-22,28,47H,3-13H2,1-2H3,(H2,37,57)(H,38,49)(H,39,62)(H,40,48)(H,41,50)(H,42,61)(H,43,58)(H,44,59)(H,45,60)(H,51,52)(H,53,54)(H,55,56)/t14-,16+,17+,18+,19+,20+,21+,22+,28+/m1/s1. The number of hydrogen-bond donors (Lipinski definition) is 13. The molecule has 0 spiro atoms. The van der Waals surface area contributed by atoms with Crippen molar-refractivity contribution in [1.82, 2.24) is 47.4 Å². The molecule has 10 amide bonds. The number of aliphatic hydroxyl groups excluding tert-OH is 1. The fourth-order valence-corrected chi connectivity index (χ4v) is 6.24. The van der Waals surface area contributed by atoms with Crippen LogP contribution in [0.4, 0.5) is 4.39 Å². The Morgan fingerprint density at radius 1 is 0.762 bits per heavy atom. The van der Waals surface area contributed by atoms with E-state index in [1.165, 1.54) is 0 Å². The van der Waals surface area contributed by atoms with Gasteiger partial charge in [-0.15, -0.1) is 0 Å². The third-order valence-electron chi connectivity index (χ3n) is 9.41. The van der Waals surface area contributed by atoms with Crippen molar-refractivity contribution in [2.75, 3.05) is 19.6 Å². The van der Waals surface area contributed by atoms with Gasteiger partial charge in [0.1, 0.15) is 48.5 Å². The van der Waals surface area contributed by atoms with Crippen LogP contribution in [-0.2, 0) is 62.3 Å². The Kier molecular flexibility index (Phi) is 20.2. The van der Waals surface area contributed by atoms with Gasteiger partial charge < -0.3 is 73.6 Å². The van der Waals surface area contributed by atoms with Crippen LogP contribution in [0.5, 0.6) is 0 Å². The predicted molar refractivity (Wildman–Crippen MR) is 204 cm³/mol. The molecule has 0 aliphatic carbocycles. The summed E-state index contributed by atoms with van der Waals surface area (Å²) in [6, 6.07) is -12.6. The van der Waals surface area contributed by atoms with Crippen LogP contribution in [0.1, 0.15) is 65.2 Å². The summed E-state index contributed by atoms with van der Waals surface area (Å²) < 4.78 is 14.9. The lowest BCUT2D eigenvalue weighted by atomic mass is 10.1. The highest BCUT2D eigenvalue weighted by Gasteiger charge is 2.44. The first-order valence-corrected chi connectivity index (χ1v) is 19.3. The largest absolute Gasteiger partial charge is 0.481 e. The minimum atomic E-state index is -2.03. The molecule has 0 bridgehead atoms. The fourth-order valence-electron chi connectivity index (χ4n) is 6.24. The second-order valence-electron chi connectivity index (χ2n) is 14.5. The molecule has 63 heavy (non-hydrogen) atoms. The molecule has 2 rings (SSSR count). The van der Waals surface area contributed by atoms with E-state index in [0.29, 0.717) is 4.90 Å². The first kappa shape index (κ1) is 52.1. The quantitative estimate of drug-likeness (QED) is 0.0916. The average molecular weight is 903 g/mol. The van der Waals surface area contributed by atoms with Gasteiger partial charge >= 0.3 is 17.9 Å². The maximum Gasteiger partial charge on any atom is 0.305 e. The minimum absolute atomic E-state index is 0.532. The Bertz CT molecular complexity index is 1820. The minimum Gasteiger partial charge on any atom is -0.481 e. The summed E-state index contributed by atoms with van der Waals surface area (Å²) in [6.07, 6.45) is -9.43. The van der Waals surface area contributed by atoms with Gasteiger partial charge in [-0.25, -0.2) is 4.39 Å². The van der Waals surface area contributed by atoms with Crippen LogP contribution < -0.4 is 48.3 Å². The van der Waals surface area contributed by atoms with E-state index in [0.717, 1.165) is 13.8 Å². The van der Waals surface area contributed by atoms with E-state index in [1.54, 1.807) is 0 Å². The van der Waals surface area contributed by atoms with Crippen molar-refractivity contribution in [1.29, 1.82) is 0 Å². The number of carboxylic acid groups (broad SMARTS) is 3. The molecule has 0 saturated carbocycles. The molecule has 2 saturated heterocycles. The Morgan fingerprint density at radius 2 is 1.33 bits per heavy atom. The number of nitrogens with two attached hydrogens (primary N) is 1. The topological polar surface area (TPSA) is 428 Å². The molecule has 2 aliphatic rings. The SMILES string of the molecule is CC(=O)N[C@H]1CCC(=O)NC[C@@H](C(N)=O)NC(=O)[C@H](CCC(=O)O)NC(=O)CNC(=O)[C@H]([C@@H](C)O)NC(=O)[C@H](CCC(=O)O)NC(=O)[C@@H]2C[C@H](F)CN2C(=O)[C@H](CC(=O)O)NC1=O. The van der Waals surface area contributed by atoms with Crippen LogP contribution >= 0.6 is 0 Å². The smallest absolute Gasteiger partial charge is 0.305 e. The number of nitrogens with one attached hydrogen (secondary N) is 8. The van der Waals surface area contributed by atoms with Crippen LogP contribution in [0, 0.1) is 0 Å². The lowest BCUT2D eigenvalue weighted by Gasteiger charge is -2.30. The first-order chi connectivity index (χ1) is 29.4. The lowest BCUT2D eigenvalue weighted by Crippen LogP contribution is -2.60. The van der Waals surface area contributed by atoms with E-state index in [-0.39, 0.29) is 0 Å². The molecule has 0 aromatic heterocycles. The number of carbonyl (C=O) groups excluding carboxylic acids is 10. The summed E-state index contributed by atoms with van der Waals surface area (Å²) in [5.74, 6) is -16.1. The molecule has 14 N–H and O–H groups in total. The molecule has 2 fully saturated rings. The van der Waals surface area contributed by atoms with Crippen LogP contribution in [0.15, 0.2) is 0 Å². The Morgan fingerprint density at radius 3 is 1.87 bits per heavy atom. The van der Waals surface area contributed by atoms with Gasteiger partial charge in [0.25, 0.3) is 0 Å². The summed E-state index contributed by atoms with van der Waals surface area (Å²) in [6.45, 7) is -0.497. The maximum atomic E-state index is 14.9.